The van der Waals surface area contributed by atoms with Crippen LogP contribution in [-0.4, -0.2) is 40.1 Å². The van der Waals surface area contributed by atoms with Crippen LogP contribution in [-0.2, 0) is 21.2 Å². The number of hydrogen-bond acceptors (Lipinski definition) is 5. The summed E-state index contributed by atoms with van der Waals surface area (Å²) in [6, 6.07) is 9.74. The molecule has 2 heterocycles. The van der Waals surface area contributed by atoms with Crippen molar-refractivity contribution in [3.05, 3.63) is 53.5 Å². The molecule has 27 heavy (non-hydrogen) atoms. The molecule has 3 rings (SSSR count). The number of ether oxygens (including phenoxy) is 1. The molecule has 146 valence electrons. The van der Waals surface area contributed by atoms with Gasteiger partial charge in [-0.1, -0.05) is 6.07 Å². The van der Waals surface area contributed by atoms with Gasteiger partial charge in [-0.25, -0.2) is 13.1 Å². The fraction of sp³-hybridized carbons (Fsp3) is 0.421. The summed E-state index contributed by atoms with van der Waals surface area (Å²) in [6.07, 6.45) is 2.27. The number of hydrogen-bond donors (Lipinski definition) is 2. The second kappa shape index (κ2) is 8.69. The maximum Gasteiger partial charge on any atom is 0.251 e. The summed E-state index contributed by atoms with van der Waals surface area (Å²) in [5.41, 5.74) is 0.297. The number of carbonyl (C=O) groups is 1. The Hall–Kier alpha value is -2.16. The zero-order valence-corrected chi connectivity index (χ0v) is 16.1. The van der Waals surface area contributed by atoms with E-state index in [2.05, 4.69) is 10.0 Å². The second-order valence-corrected chi connectivity index (χ2v) is 8.30. The van der Waals surface area contributed by atoms with E-state index in [0.717, 1.165) is 24.4 Å². The van der Waals surface area contributed by atoms with Gasteiger partial charge in [0.05, 0.1) is 11.0 Å². The first kappa shape index (κ1) is 19.6. The van der Waals surface area contributed by atoms with Gasteiger partial charge >= 0.3 is 0 Å². The first-order valence-corrected chi connectivity index (χ1v) is 10.5. The maximum atomic E-state index is 12.5. The third-order valence-corrected chi connectivity index (χ3v) is 5.81. The van der Waals surface area contributed by atoms with Crippen molar-refractivity contribution >= 4 is 15.9 Å². The highest BCUT2D eigenvalue weighted by Gasteiger charge is 2.21. The first-order chi connectivity index (χ1) is 12.9. The Bertz CT molecular complexity index is 885. The van der Waals surface area contributed by atoms with E-state index in [0.29, 0.717) is 25.1 Å². The fourth-order valence-corrected chi connectivity index (χ4v) is 4.03. The van der Waals surface area contributed by atoms with Crippen molar-refractivity contribution in [2.24, 2.45) is 0 Å². The molecule has 1 saturated heterocycles. The van der Waals surface area contributed by atoms with E-state index in [1.807, 2.05) is 19.1 Å². The van der Waals surface area contributed by atoms with Gasteiger partial charge < -0.3 is 14.5 Å². The quantitative estimate of drug-likeness (QED) is 0.716. The molecule has 1 unspecified atom stereocenters. The van der Waals surface area contributed by atoms with E-state index in [-0.39, 0.29) is 23.5 Å². The van der Waals surface area contributed by atoms with Crippen molar-refractivity contribution in [1.29, 1.82) is 0 Å². The fourth-order valence-electron chi connectivity index (χ4n) is 2.92. The molecule has 0 saturated carbocycles. The number of sulfonamides is 1. The molecule has 7 nitrogen and oxygen atoms in total. The van der Waals surface area contributed by atoms with E-state index >= 15 is 0 Å². The Morgan fingerprint density at radius 2 is 2.11 bits per heavy atom. The van der Waals surface area contributed by atoms with Crippen molar-refractivity contribution in [2.45, 2.75) is 37.2 Å². The summed E-state index contributed by atoms with van der Waals surface area (Å²) >= 11 is 0. The summed E-state index contributed by atoms with van der Waals surface area (Å²) in [4.78, 5) is 12.4. The van der Waals surface area contributed by atoms with Crippen LogP contribution in [0.3, 0.4) is 0 Å². The van der Waals surface area contributed by atoms with E-state index in [1.54, 1.807) is 12.1 Å². The summed E-state index contributed by atoms with van der Waals surface area (Å²) in [7, 11) is -3.69. The Morgan fingerprint density at radius 3 is 2.81 bits per heavy atom. The summed E-state index contributed by atoms with van der Waals surface area (Å²) in [5, 5.41) is 2.78. The van der Waals surface area contributed by atoms with Gasteiger partial charge in [0.2, 0.25) is 10.0 Å². The van der Waals surface area contributed by atoms with E-state index in [4.69, 9.17) is 9.15 Å². The van der Waals surface area contributed by atoms with Gasteiger partial charge in [0.25, 0.3) is 5.91 Å². The lowest BCUT2D eigenvalue weighted by Crippen LogP contribution is -2.32. The number of furan rings is 1. The number of aryl methyl sites for hydroxylation is 1. The second-order valence-electron chi connectivity index (χ2n) is 6.53. The Labute approximate surface area is 159 Å². The van der Waals surface area contributed by atoms with Gasteiger partial charge in [0.1, 0.15) is 11.5 Å². The van der Waals surface area contributed by atoms with Gasteiger partial charge in [-0.3, -0.25) is 4.79 Å². The van der Waals surface area contributed by atoms with Gasteiger partial charge in [-0.05, 0) is 50.1 Å². The molecular formula is C19H24N2O5S. The molecule has 0 aliphatic carbocycles. The molecule has 2 N–H and O–H groups in total. The van der Waals surface area contributed by atoms with Crippen LogP contribution in [0.2, 0.25) is 0 Å². The van der Waals surface area contributed by atoms with Gasteiger partial charge in [-0.2, -0.15) is 0 Å². The summed E-state index contributed by atoms with van der Waals surface area (Å²) < 4.78 is 38.3. The number of nitrogens with one attached hydrogen (secondary N) is 2. The largest absolute Gasteiger partial charge is 0.466 e. The molecular weight excluding hydrogens is 368 g/mol. The van der Waals surface area contributed by atoms with Crippen LogP contribution in [0.4, 0.5) is 0 Å². The molecule has 1 aromatic heterocycles. The van der Waals surface area contributed by atoms with Crippen molar-refractivity contribution in [3.63, 3.8) is 0 Å². The first-order valence-electron chi connectivity index (χ1n) is 8.99. The molecule has 1 aliphatic rings. The number of carbonyl (C=O) groups excluding carboxylic acids is 1. The number of amides is 1. The predicted molar refractivity (Wildman–Crippen MR) is 100 cm³/mol. The number of benzene rings is 1. The SMILES string of the molecule is Cc1ccc(CCNC(=O)c2cccc(S(=O)(=O)NCC3CCCO3)c2)o1. The summed E-state index contributed by atoms with van der Waals surface area (Å²) in [5.74, 6) is 1.29. The lowest BCUT2D eigenvalue weighted by atomic mass is 10.2. The molecule has 2 aromatic rings. The van der Waals surface area contributed by atoms with Crippen LogP contribution >= 0.6 is 0 Å². The van der Waals surface area contributed by atoms with Crippen LogP contribution < -0.4 is 10.0 Å². The van der Waals surface area contributed by atoms with Gasteiger partial charge in [0.15, 0.2) is 0 Å². The van der Waals surface area contributed by atoms with Crippen LogP contribution in [0.5, 0.6) is 0 Å². The standard InChI is InChI=1S/C19H24N2O5S/c1-14-7-8-16(26-14)9-10-20-19(22)15-4-2-6-18(12-15)27(23,24)21-13-17-5-3-11-25-17/h2,4,6-8,12,17,21H,3,5,9-11,13H2,1H3,(H,20,22). The van der Waals surface area contributed by atoms with Crippen LogP contribution in [0.15, 0.2) is 45.7 Å². The van der Waals surface area contributed by atoms with E-state index < -0.39 is 10.0 Å². The average molecular weight is 392 g/mol. The molecule has 1 aromatic carbocycles. The summed E-state index contributed by atoms with van der Waals surface area (Å²) in [6.45, 7) is 3.17. The molecule has 1 fully saturated rings. The number of rotatable bonds is 8. The van der Waals surface area contributed by atoms with Crippen molar-refractivity contribution < 1.29 is 22.4 Å². The van der Waals surface area contributed by atoms with E-state index in [1.165, 1.54) is 12.1 Å². The molecule has 0 spiro atoms. The molecule has 0 bridgehead atoms. The van der Waals surface area contributed by atoms with Crippen LogP contribution in [0.25, 0.3) is 0 Å². The Balaban J connectivity index is 1.57. The van der Waals surface area contributed by atoms with Crippen molar-refractivity contribution in [1.82, 2.24) is 10.0 Å². The topological polar surface area (TPSA) is 97.6 Å². The lowest BCUT2D eigenvalue weighted by Gasteiger charge is -2.12. The van der Waals surface area contributed by atoms with Crippen LogP contribution in [0.1, 0.15) is 34.7 Å². The normalized spacial score (nSPS) is 17.1. The lowest BCUT2D eigenvalue weighted by molar-refractivity contribution is 0.0953. The molecule has 8 heteroatoms. The average Bonchev–Trinajstić information content (AvgIpc) is 3.32. The van der Waals surface area contributed by atoms with Crippen LogP contribution in [0, 0.1) is 6.92 Å². The smallest absolute Gasteiger partial charge is 0.251 e. The minimum absolute atomic E-state index is 0.0646. The highest BCUT2D eigenvalue weighted by atomic mass is 32.2. The minimum atomic E-state index is -3.69. The third kappa shape index (κ3) is 5.41. The van der Waals surface area contributed by atoms with Crippen molar-refractivity contribution in [3.8, 4) is 0 Å². The van der Waals surface area contributed by atoms with Crippen molar-refractivity contribution in [2.75, 3.05) is 19.7 Å². The zero-order valence-electron chi connectivity index (χ0n) is 15.2. The Kier molecular flexibility index (Phi) is 6.30. The molecule has 0 radical (unpaired) electrons. The predicted octanol–water partition coefficient (Wildman–Crippen LogP) is 2.02. The van der Waals surface area contributed by atoms with E-state index in [9.17, 15) is 13.2 Å². The van der Waals surface area contributed by atoms with Gasteiger partial charge in [-0.15, -0.1) is 0 Å². The molecule has 1 amide bonds. The highest BCUT2D eigenvalue weighted by Crippen LogP contribution is 2.14. The minimum Gasteiger partial charge on any atom is -0.466 e. The third-order valence-electron chi connectivity index (χ3n) is 4.38. The maximum absolute atomic E-state index is 12.5. The highest BCUT2D eigenvalue weighted by molar-refractivity contribution is 7.89. The Morgan fingerprint density at radius 1 is 1.26 bits per heavy atom. The van der Waals surface area contributed by atoms with Gasteiger partial charge in [0, 0.05) is 31.7 Å². The molecule has 1 aliphatic heterocycles. The zero-order chi connectivity index (χ0) is 19.3. The monoisotopic (exact) mass is 392 g/mol. The molecule has 1 atom stereocenters.